The molecule has 3 N–H and O–H groups in total. The van der Waals surface area contributed by atoms with Crippen LogP contribution in [-0.4, -0.2) is 34.0 Å². The molecule has 2 amide bonds. The summed E-state index contributed by atoms with van der Waals surface area (Å²) in [5.74, 6) is 1.38. The quantitative estimate of drug-likeness (QED) is 0.200. The van der Waals surface area contributed by atoms with Crippen LogP contribution in [0, 0.1) is 6.92 Å². The van der Waals surface area contributed by atoms with Crippen LogP contribution in [0.2, 0.25) is 0 Å². The van der Waals surface area contributed by atoms with Crippen molar-refractivity contribution in [2.24, 2.45) is 0 Å². The predicted octanol–water partition coefficient (Wildman–Crippen LogP) is 6.64. The van der Waals surface area contributed by atoms with E-state index in [4.69, 9.17) is 9.40 Å². The SMILES string of the molecule is CNC(=O)c1c(-c2ccccc2)oc2ccc(-c3cc(C(=O)NC4(c5nc(-c6ccccc6)n[nH]5)CC4)ccc3C)cc12. The van der Waals surface area contributed by atoms with Crippen molar-refractivity contribution in [1.29, 1.82) is 0 Å². The smallest absolute Gasteiger partial charge is 0.255 e. The van der Waals surface area contributed by atoms with E-state index in [1.54, 1.807) is 7.05 Å². The van der Waals surface area contributed by atoms with Crippen LogP contribution >= 0.6 is 0 Å². The largest absolute Gasteiger partial charge is 0.455 e. The minimum absolute atomic E-state index is 0.182. The third-order valence-electron chi connectivity index (χ3n) is 8.06. The highest BCUT2D eigenvalue weighted by atomic mass is 16.3. The summed E-state index contributed by atoms with van der Waals surface area (Å²) in [6, 6.07) is 30.8. The Morgan fingerprint density at radius 3 is 2.26 bits per heavy atom. The van der Waals surface area contributed by atoms with Crippen LogP contribution in [0.3, 0.4) is 0 Å². The Morgan fingerprint density at radius 2 is 1.56 bits per heavy atom. The lowest BCUT2D eigenvalue weighted by molar-refractivity contribution is 0.0927. The van der Waals surface area contributed by atoms with Crippen molar-refractivity contribution in [2.45, 2.75) is 25.3 Å². The van der Waals surface area contributed by atoms with Gasteiger partial charge in [-0.05, 0) is 60.7 Å². The van der Waals surface area contributed by atoms with E-state index in [2.05, 4.69) is 20.8 Å². The summed E-state index contributed by atoms with van der Waals surface area (Å²) in [5, 5.41) is 14.1. The van der Waals surface area contributed by atoms with Gasteiger partial charge in [-0.2, -0.15) is 5.10 Å². The van der Waals surface area contributed by atoms with E-state index < -0.39 is 5.54 Å². The van der Waals surface area contributed by atoms with E-state index in [0.29, 0.717) is 39.5 Å². The van der Waals surface area contributed by atoms with Crippen molar-refractivity contribution in [2.75, 3.05) is 7.05 Å². The second-order valence-electron chi connectivity index (χ2n) is 10.9. The van der Waals surface area contributed by atoms with Crippen LogP contribution in [-0.2, 0) is 5.54 Å². The summed E-state index contributed by atoms with van der Waals surface area (Å²) in [6.45, 7) is 2.01. The number of carbonyl (C=O) groups is 2. The van der Waals surface area contributed by atoms with Gasteiger partial charge >= 0.3 is 0 Å². The fourth-order valence-electron chi connectivity index (χ4n) is 5.51. The number of carbonyl (C=O) groups excluding carboxylic acids is 2. The minimum atomic E-state index is -0.561. The minimum Gasteiger partial charge on any atom is -0.455 e. The maximum Gasteiger partial charge on any atom is 0.255 e. The molecule has 4 aromatic carbocycles. The Labute approximate surface area is 248 Å². The topological polar surface area (TPSA) is 113 Å². The predicted molar refractivity (Wildman–Crippen MR) is 165 cm³/mol. The molecule has 2 aromatic heterocycles. The molecule has 8 heteroatoms. The number of rotatable bonds is 7. The molecule has 0 saturated heterocycles. The van der Waals surface area contributed by atoms with E-state index in [1.807, 2.05) is 104 Å². The molecule has 1 aliphatic rings. The Hall–Kier alpha value is -5.50. The fourth-order valence-corrected chi connectivity index (χ4v) is 5.51. The first kappa shape index (κ1) is 26.4. The maximum absolute atomic E-state index is 13.6. The van der Waals surface area contributed by atoms with Crippen LogP contribution in [0.1, 0.15) is 44.9 Å². The first-order chi connectivity index (χ1) is 21.0. The lowest BCUT2D eigenvalue weighted by Crippen LogP contribution is -2.35. The van der Waals surface area contributed by atoms with Gasteiger partial charge in [-0.3, -0.25) is 14.7 Å². The third kappa shape index (κ3) is 4.76. The van der Waals surface area contributed by atoms with Crippen molar-refractivity contribution in [3.63, 3.8) is 0 Å². The van der Waals surface area contributed by atoms with Crippen LogP contribution < -0.4 is 10.6 Å². The number of H-pyrrole nitrogens is 1. The number of nitrogens with zero attached hydrogens (tertiary/aromatic N) is 2. The normalized spacial score (nSPS) is 13.5. The zero-order chi connectivity index (χ0) is 29.6. The molecule has 0 aliphatic heterocycles. The number of benzene rings is 4. The molecule has 0 unspecified atom stereocenters. The molecule has 7 rings (SSSR count). The zero-order valence-electron chi connectivity index (χ0n) is 23.8. The molecule has 8 nitrogen and oxygen atoms in total. The lowest BCUT2D eigenvalue weighted by atomic mass is 9.95. The van der Waals surface area contributed by atoms with Crippen molar-refractivity contribution in [3.8, 4) is 33.8 Å². The summed E-state index contributed by atoms with van der Waals surface area (Å²) in [6.07, 6.45) is 1.56. The molecule has 0 spiro atoms. The molecule has 0 atom stereocenters. The maximum atomic E-state index is 13.6. The van der Waals surface area contributed by atoms with Crippen molar-refractivity contribution in [3.05, 3.63) is 120 Å². The van der Waals surface area contributed by atoms with E-state index in [9.17, 15) is 9.59 Å². The average molecular weight is 568 g/mol. The molecule has 0 bridgehead atoms. The van der Waals surface area contributed by atoms with Gasteiger partial charge in [0.1, 0.15) is 11.3 Å². The third-order valence-corrected chi connectivity index (χ3v) is 8.06. The number of aromatic nitrogens is 3. The van der Waals surface area contributed by atoms with Gasteiger partial charge in [0.2, 0.25) is 0 Å². The molecule has 0 radical (unpaired) electrons. The van der Waals surface area contributed by atoms with E-state index >= 15 is 0 Å². The molecule has 1 saturated carbocycles. The first-order valence-electron chi connectivity index (χ1n) is 14.2. The van der Waals surface area contributed by atoms with Crippen LogP contribution in [0.5, 0.6) is 0 Å². The highest BCUT2D eigenvalue weighted by molar-refractivity contribution is 6.12. The monoisotopic (exact) mass is 567 g/mol. The van der Waals surface area contributed by atoms with Gasteiger partial charge in [-0.15, -0.1) is 0 Å². The number of furan rings is 1. The molecule has 6 aromatic rings. The molecular weight excluding hydrogens is 538 g/mol. The second-order valence-corrected chi connectivity index (χ2v) is 10.9. The molecule has 212 valence electrons. The van der Waals surface area contributed by atoms with Gasteiger partial charge in [0, 0.05) is 29.1 Å². The van der Waals surface area contributed by atoms with Crippen molar-refractivity contribution >= 4 is 22.8 Å². The summed E-state index contributed by atoms with van der Waals surface area (Å²) in [4.78, 5) is 31.3. The number of hydrogen-bond acceptors (Lipinski definition) is 5. The number of amides is 2. The number of aryl methyl sites for hydroxylation is 1. The lowest BCUT2D eigenvalue weighted by Gasteiger charge is -2.16. The zero-order valence-corrected chi connectivity index (χ0v) is 23.8. The molecule has 1 aliphatic carbocycles. The van der Waals surface area contributed by atoms with Gasteiger partial charge in [-0.25, -0.2) is 4.98 Å². The summed E-state index contributed by atoms with van der Waals surface area (Å²) in [5.41, 5.74) is 5.61. The molecule has 1 fully saturated rings. The van der Waals surface area contributed by atoms with Crippen molar-refractivity contribution < 1.29 is 14.0 Å². The van der Waals surface area contributed by atoms with Crippen LogP contribution in [0.4, 0.5) is 0 Å². The highest BCUT2D eigenvalue weighted by Gasteiger charge is 2.49. The average Bonchev–Trinajstić information content (AvgIpc) is 3.46. The number of fused-ring (bicyclic) bond motifs is 1. The summed E-state index contributed by atoms with van der Waals surface area (Å²) >= 11 is 0. The van der Waals surface area contributed by atoms with Gasteiger partial charge in [-0.1, -0.05) is 72.8 Å². The van der Waals surface area contributed by atoms with E-state index in [1.165, 1.54) is 0 Å². The Kier molecular flexibility index (Phi) is 6.39. The highest BCUT2D eigenvalue weighted by Crippen LogP contribution is 2.44. The van der Waals surface area contributed by atoms with Crippen molar-refractivity contribution in [1.82, 2.24) is 25.8 Å². The van der Waals surface area contributed by atoms with E-state index in [-0.39, 0.29) is 11.8 Å². The summed E-state index contributed by atoms with van der Waals surface area (Å²) in [7, 11) is 1.61. The van der Waals surface area contributed by atoms with Crippen LogP contribution in [0.25, 0.3) is 44.8 Å². The van der Waals surface area contributed by atoms with Gasteiger partial charge in [0.05, 0.1) is 11.1 Å². The van der Waals surface area contributed by atoms with Gasteiger partial charge in [0.25, 0.3) is 11.8 Å². The standard InChI is InChI=1S/C35H29N5O3/c1-21-13-14-25(32(41)38-35(17-18-35)34-37-31(39-40-34)23-11-7-4-8-12-23)20-26(21)24-15-16-28-27(19-24)29(33(42)36-2)30(43-28)22-9-5-3-6-10-22/h3-16,19-20H,17-18H2,1-2H3,(H,36,42)(H,38,41)(H,37,39,40). The fraction of sp³-hybridized carbons (Fsp3) is 0.143. The molecular formula is C35H29N5O3. The number of aromatic amines is 1. The molecule has 43 heavy (non-hydrogen) atoms. The Bertz CT molecular complexity index is 1990. The van der Waals surface area contributed by atoms with E-state index in [0.717, 1.165) is 40.7 Å². The Balaban J connectivity index is 1.21. The summed E-state index contributed by atoms with van der Waals surface area (Å²) < 4.78 is 6.19. The van der Waals surface area contributed by atoms with Gasteiger partial charge < -0.3 is 15.1 Å². The second kappa shape index (κ2) is 10.4. The first-order valence-corrected chi connectivity index (χ1v) is 14.2. The van der Waals surface area contributed by atoms with Gasteiger partial charge in [0.15, 0.2) is 11.6 Å². The van der Waals surface area contributed by atoms with Crippen LogP contribution in [0.15, 0.2) is 101 Å². The number of nitrogens with one attached hydrogen (secondary N) is 3. The molecule has 2 heterocycles. The number of hydrogen-bond donors (Lipinski definition) is 3. The Morgan fingerprint density at radius 1 is 0.837 bits per heavy atom.